The van der Waals surface area contributed by atoms with E-state index in [4.69, 9.17) is 14.2 Å². The SMILES string of the molecule is CCCCCCCCC/C=C\C=C/CCCCCCCC(=O)OCC(COC(=O)CCCCCCCCCCCCCC)OC(=O)CCCCC/C=C\CCCCCCCCC. The number of esters is 3. The molecule has 1 atom stereocenters. The van der Waals surface area contributed by atoms with Crippen LogP contribution in [-0.4, -0.2) is 37.2 Å². The Labute approximate surface area is 385 Å². The molecule has 0 rings (SSSR count). The zero-order valence-electron chi connectivity index (χ0n) is 41.4. The third kappa shape index (κ3) is 48.7. The maximum Gasteiger partial charge on any atom is 0.306 e. The Morgan fingerprint density at radius 3 is 0.919 bits per heavy atom. The molecular weight excluding hydrogens is 769 g/mol. The summed E-state index contributed by atoms with van der Waals surface area (Å²) in [6.45, 7) is 6.62. The van der Waals surface area contributed by atoms with Gasteiger partial charge in [-0.05, 0) is 70.6 Å². The molecule has 0 aliphatic heterocycles. The first-order valence-electron chi connectivity index (χ1n) is 27.0. The molecule has 0 aromatic heterocycles. The molecular formula is C56H102O6. The van der Waals surface area contributed by atoms with Crippen LogP contribution < -0.4 is 0 Å². The van der Waals surface area contributed by atoms with Gasteiger partial charge in [-0.25, -0.2) is 0 Å². The second kappa shape index (κ2) is 51.3. The van der Waals surface area contributed by atoms with Crippen molar-refractivity contribution in [1.82, 2.24) is 0 Å². The van der Waals surface area contributed by atoms with E-state index in [1.807, 2.05) is 0 Å². The van der Waals surface area contributed by atoms with Crippen LogP contribution in [0.5, 0.6) is 0 Å². The Kier molecular flexibility index (Phi) is 49.3. The van der Waals surface area contributed by atoms with Gasteiger partial charge in [0.15, 0.2) is 6.10 Å². The predicted octanol–water partition coefficient (Wildman–Crippen LogP) is 17.7. The lowest BCUT2D eigenvalue weighted by atomic mass is 10.0. The van der Waals surface area contributed by atoms with Crippen molar-refractivity contribution in [2.75, 3.05) is 13.2 Å². The van der Waals surface area contributed by atoms with Gasteiger partial charge in [-0.2, -0.15) is 0 Å². The summed E-state index contributed by atoms with van der Waals surface area (Å²) in [5.74, 6) is -0.901. The van der Waals surface area contributed by atoms with Crippen molar-refractivity contribution in [2.45, 2.75) is 290 Å². The Balaban J connectivity index is 4.38. The topological polar surface area (TPSA) is 78.9 Å². The zero-order valence-corrected chi connectivity index (χ0v) is 41.4. The second-order valence-corrected chi connectivity index (χ2v) is 18.2. The molecule has 0 fully saturated rings. The van der Waals surface area contributed by atoms with Gasteiger partial charge in [0.2, 0.25) is 0 Å². The third-order valence-corrected chi connectivity index (χ3v) is 11.9. The molecule has 0 aliphatic carbocycles. The number of carbonyl (C=O) groups excluding carboxylic acids is 3. The molecule has 0 radical (unpaired) electrons. The molecule has 0 spiro atoms. The standard InChI is InChI=1S/C56H102O6/c1-4-7-10-13-16-19-22-25-27-28-29-30-32-34-37-40-43-46-49-55(58)61-52-53(51-60-54(57)48-45-42-39-36-33-24-21-18-15-12-9-6-3)62-56(59)50-47-44-41-38-35-31-26-23-20-17-14-11-8-5-2/h27-31,35,53H,4-26,32-34,36-52H2,1-3H3/b28-27-,30-29-,35-31-. The lowest BCUT2D eigenvalue weighted by Gasteiger charge is -2.18. The lowest BCUT2D eigenvalue weighted by molar-refractivity contribution is -0.167. The first kappa shape index (κ1) is 59.6. The van der Waals surface area contributed by atoms with Crippen LogP contribution in [0.2, 0.25) is 0 Å². The van der Waals surface area contributed by atoms with Gasteiger partial charge < -0.3 is 14.2 Å². The van der Waals surface area contributed by atoms with E-state index >= 15 is 0 Å². The van der Waals surface area contributed by atoms with Crippen LogP contribution in [-0.2, 0) is 28.6 Å². The van der Waals surface area contributed by atoms with E-state index in [1.54, 1.807) is 0 Å². The maximum atomic E-state index is 12.8. The summed E-state index contributed by atoms with van der Waals surface area (Å²) in [7, 11) is 0. The van der Waals surface area contributed by atoms with Crippen LogP contribution in [0.3, 0.4) is 0 Å². The van der Waals surface area contributed by atoms with E-state index in [9.17, 15) is 14.4 Å². The average Bonchev–Trinajstić information content (AvgIpc) is 3.27. The van der Waals surface area contributed by atoms with Gasteiger partial charge in [-0.3, -0.25) is 14.4 Å². The van der Waals surface area contributed by atoms with Crippen LogP contribution in [0.25, 0.3) is 0 Å². The van der Waals surface area contributed by atoms with Gasteiger partial charge >= 0.3 is 17.9 Å². The van der Waals surface area contributed by atoms with Crippen molar-refractivity contribution in [1.29, 1.82) is 0 Å². The number of allylic oxidation sites excluding steroid dienone is 6. The Morgan fingerprint density at radius 2 is 0.581 bits per heavy atom. The fourth-order valence-electron chi connectivity index (χ4n) is 7.78. The molecule has 62 heavy (non-hydrogen) atoms. The Bertz CT molecular complexity index is 1050. The van der Waals surface area contributed by atoms with Crippen molar-refractivity contribution in [3.05, 3.63) is 36.5 Å². The molecule has 0 aromatic rings. The number of ether oxygens (including phenoxy) is 3. The average molecular weight is 871 g/mol. The summed E-state index contributed by atoms with van der Waals surface area (Å²) in [5, 5.41) is 0. The zero-order chi connectivity index (χ0) is 45.1. The minimum Gasteiger partial charge on any atom is -0.462 e. The van der Waals surface area contributed by atoms with Gasteiger partial charge in [0.1, 0.15) is 13.2 Å². The molecule has 362 valence electrons. The second-order valence-electron chi connectivity index (χ2n) is 18.2. The maximum absolute atomic E-state index is 12.8. The predicted molar refractivity (Wildman–Crippen MR) is 266 cm³/mol. The molecule has 0 bridgehead atoms. The lowest BCUT2D eigenvalue weighted by Crippen LogP contribution is -2.30. The minimum atomic E-state index is -0.782. The first-order chi connectivity index (χ1) is 30.5. The van der Waals surface area contributed by atoms with Gasteiger partial charge in [0.25, 0.3) is 0 Å². The van der Waals surface area contributed by atoms with Crippen LogP contribution in [0.15, 0.2) is 36.5 Å². The van der Waals surface area contributed by atoms with Crippen molar-refractivity contribution in [3.63, 3.8) is 0 Å². The Hall–Kier alpha value is -2.37. The van der Waals surface area contributed by atoms with Gasteiger partial charge in [-0.15, -0.1) is 0 Å². The van der Waals surface area contributed by atoms with E-state index < -0.39 is 6.10 Å². The number of rotatable bonds is 49. The summed E-state index contributed by atoms with van der Waals surface area (Å²) < 4.78 is 16.8. The number of hydrogen-bond donors (Lipinski definition) is 0. The molecule has 0 saturated carbocycles. The normalized spacial score (nSPS) is 12.2. The molecule has 0 amide bonds. The van der Waals surface area contributed by atoms with Gasteiger partial charge in [0.05, 0.1) is 0 Å². The number of hydrogen-bond acceptors (Lipinski definition) is 6. The first-order valence-corrected chi connectivity index (χ1v) is 27.0. The number of carbonyl (C=O) groups is 3. The van der Waals surface area contributed by atoms with Crippen molar-refractivity contribution in [3.8, 4) is 0 Å². The van der Waals surface area contributed by atoms with Crippen LogP contribution in [0.4, 0.5) is 0 Å². The van der Waals surface area contributed by atoms with E-state index in [0.29, 0.717) is 19.3 Å². The van der Waals surface area contributed by atoms with Crippen molar-refractivity contribution < 1.29 is 28.6 Å². The largest absolute Gasteiger partial charge is 0.462 e. The van der Waals surface area contributed by atoms with E-state index in [1.165, 1.54) is 154 Å². The van der Waals surface area contributed by atoms with E-state index in [0.717, 1.165) is 89.9 Å². The summed E-state index contributed by atoms with van der Waals surface area (Å²) in [6.07, 6.45) is 59.8. The number of unbranched alkanes of at least 4 members (excludes halogenated alkanes) is 33. The highest BCUT2D eigenvalue weighted by Crippen LogP contribution is 2.15. The van der Waals surface area contributed by atoms with Gasteiger partial charge in [0, 0.05) is 19.3 Å². The molecule has 6 nitrogen and oxygen atoms in total. The molecule has 0 aliphatic rings. The molecule has 0 N–H and O–H groups in total. The molecule has 0 saturated heterocycles. The van der Waals surface area contributed by atoms with Crippen molar-refractivity contribution in [2.24, 2.45) is 0 Å². The summed E-state index contributed by atoms with van der Waals surface area (Å²) in [4.78, 5) is 38.0. The molecule has 0 aromatic carbocycles. The molecule has 0 heterocycles. The van der Waals surface area contributed by atoms with Crippen LogP contribution in [0, 0.1) is 0 Å². The summed E-state index contributed by atoms with van der Waals surface area (Å²) >= 11 is 0. The highest BCUT2D eigenvalue weighted by molar-refractivity contribution is 5.71. The summed E-state index contributed by atoms with van der Waals surface area (Å²) in [5.41, 5.74) is 0. The summed E-state index contributed by atoms with van der Waals surface area (Å²) in [6, 6.07) is 0. The third-order valence-electron chi connectivity index (χ3n) is 11.9. The highest BCUT2D eigenvalue weighted by atomic mass is 16.6. The fourth-order valence-corrected chi connectivity index (χ4v) is 7.78. The monoisotopic (exact) mass is 871 g/mol. The van der Waals surface area contributed by atoms with E-state index in [2.05, 4.69) is 57.2 Å². The van der Waals surface area contributed by atoms with E-state index in [-0.39, 0.29) is 31.1 Å². The highest BCUT2D eigenvalue weighted by Gasteiger charge is 2.19. The van der Waals surface area contributed by atoms with Crippen LogP contribution >= 0.6 is 0 Å². The molecule has 1 unspecified atom stereocenters. The minimum absolute atomic E-state index is 0.0803. The quantitative estimate of drug-likeness (QED) is 0.0199. The fraction of sp³-hybridized carbons (Fsp3) is 0.839. The van der Waals surface area contributed by atoms with Crippen LogP contribution in [0.1, 0.15) is 284 Å². The van der Waals surface area contributed by atoms with Gasteiger partial charge in [-0.1, -0.05) is 231 Å². The Morgan fingerprint density at radius 1 is 0.323 bits per heavy atom. The van der Waals surface area contributed by atoms with Crippen molar-refractivity contribution >= 4 is 17.9 Å². The molecule has 6 heteroatoms. The smallest absolute Gasteiger partial charge is 0.306 e.